The van der Waals surface area contributed by atoms with Crippen molar-refractivity contribution in [1.82, 2.24) is 14.8 Å². The summed E-state index contributed by atoms with van der Waals surface area (Å²) in [6, 6.07) is 9.26. The fourth-order valence-electron chi connectivity index (χ4n) is 3.53. The number of carbonyl (C=O) groups is 1. The number of aromatic nitrogens is 1. The first kappa shape index (κ1) is 17.7. The van der Waals surface area contributed by atoms with Crippen LogP contribution in [0.5, 0.6) is 0 Å². The predicted molar refractivity (Wildman–Crippen MR) is 101 cm³/mol. The van der Waals surface area contributed by atoms with Gasteiger partial charge in [-0.3, -0.25) is 14.5 Å². The normalized spacial score (nSPS) is 17.6. The maximum Gasteiger partial charge on any atom is 0.252 e. The van der Waals surface area contributed by atoms with Gasteiger partial charge in [-0.2, -0.15) is 0 Å². The Bertz CT molecular complexity index is 819. The third-order valence-electron chi connectivity index (χ3n) is 5.40. The molecule has 0 saturated carbocycles. The topological polar surface area (TPSA) is 54.3 Å². The van der Waals surface area contributed by atoms with Crippen LogP contribution in [0.15, 0.2) is 35.1 Å². The Morgan fingerprint density at radius 3 is 2.68 bits per heavy atom. The third kappa shape index (κ3) is 3.76. The number of rotatable bonds is 4. The van der Waals surface area contributed by atoms with Crippen LogP contribution in [0, 0.1) is 5.92 Å². The number of pyridine rings is 1. The lowest BCUT2D eigenvalue weighted by Crippen LogP contribution is -2.45. The van der Waals surface area contributed by atoms with Crippen molar-refractivity contribution in [2.45, 2.75) is 32.7 Å². The number of nitrogens with one attached hydrogen (secondary N) is 1. The van der Waals surface area contributed by atoms with E-state index in [-0.39, 0.29) is 11.5 Å². The van der Waals surface area contributed by atoms with Gasteiger partial charge in [0.05, 0.1) is 11.1 Å². The van der Waals surface area contributed by atoms with Gasteiger partial charge in [0.25, 0.3) is 11.5 Å². The molecule has 1 unspecified atom stereocenters. The molecule has 5 heteroatoms. The van der Waals surface area contributed by atoms with Gasteiger partial charge >= 0.3 is 0 Å². The third-order valence-corrected chi connectivity index (χ3v) is 5.40. The van der Waals surface area contributed by atoms with Gasteiger partial charge in [-0.25, -0.2) is 0 Å². The minimum Gasteiger partial charge on any atom is -0.350 e. The number of hydrogen-bond donors (Lipinski definition) is 1. The van der Waals surface area contributed by atoms with Gasteiger partial charge in [0.2, 0.25) is 0 Å². The Labute approximate surface area is 148 Å². The number of hydrogen-bond acceptors (Lipinski definition) is 3. The van der Waals surface area contributed by atoms with E-state index in [4.69, 9.17) is 0 Å². The van der Waals surface area contributed by atoms with E-state index >= 15 is 0 Å². The Morgan fingerprint density at radius 1 is 1.28 bits per heavy atom. The van der Waals surface area contributed by atoms with E-state index in [9.17, 15) is 9.59 Å². The van der Waals surface area contributed by atoms with Crippen LogP contribution >= 0.6 is 0 Å². The molecule has 3 rings (SSSR count). The zero-order valence-corrected chi connectivity index (χ0v) is 15.3. The molecule has 0 aliphatic carbocycles. The minimum absolute atomic E-state index is 0.165. The molecule has 1 aromatic heterocycles. The van der Waals surface area contributed by atoms with Crippen LogP contribution in [0.2, 0.25) is 0 Å². The Kier molecular flexibility index (Phi) is 5.23. The number of nitrogens with zero attached hydrogens (tertiary/aromatic N) is 2. The van der Waals surface area contributed by atoms with Crippen molar-refractivity contribution in [2.75, 3.05) is 19.6 Å². The summed E-state index contributed by atoms with van der Waals surface area (Å²) in [4.78, 5) is 27.3. The van der Waals surface area contributed by atoms with Gasteiger partial charge in [-0.05, 0) is 44.8 Å². The average molecular weight is 341 g/mol. The first-order valence-corrected chi connectivity index (χ1v) is 9.08. The Balaban J connectivity index is 1.73. The molecule has 2 heterocycles. The second-order valence-corrected chi connectivity index (χ2v) is 7.25. The molecule has 1 fully saturated rings. The molecule has 1 aliphatic rings. The monoisotopic (exact) mass is 341 g/mol. The molecular formula is C20H27N3O2. The summed E-state index contributed by atoms with van der Waals surface area (Å²) < 4.78 is 1.57. The molecule has 1 aromatic carbocycles. The maximum atomic E-state index is 12.7. The number of likely N-dealkylation sites (tertiary alicyclic amines) is 1. The minimum atomic E-state index is -0.175. The summed E-state index contributed by atoms with van der Waals surface area (Å²) in [6.07, 6.45) is 2.44. The summed E-state index contributed by atoms with van der Waals surface area (Å²) in [5.74, 6) is 0.621. The van der Waals surface area contributed by atoms with Crippen molar-refractivity contribution in [3.63, 3.8) is 0 Å². The standard InChI is InChI=1S/C20H27N3O2/c1-14-8-10-23(11-9-14)15(2)13-21-20(25)17-12-19(24)22(3)18-7-5-4-6-16(17)18/h4-7,12,14-15H,8-11,13H2,1-3H3,(H,21,25). The Morgan fingerprint density at radius 2 is 1.96 bits per heavy atom. The molecule has 1 aliphatic heterocycles. The molecule has 0 radical (unpaired) electrons. The summed E-state index contributed by atoms with van der Waals surface area (Å²) in [7, 11) is 1.73. The number of piperidine rings is 1. The molecule has 25 heavy (non-hydrogen) atoms. The van der Waals surface area contributed by atoms with Gasteiger partial charge in [0, 0.05) is 31.1 Å². The number of amides is 1. The van der Waals surface area contributed by atoms with Crippen LogP contribution in [-0.2, 0) is 7.05 Å². The van der Waals surface area contributed by atoms with E-state index in [2.05, 4.69) is 24.1 Å². The molecule has 1 amide bonds. The fraction of sp³-hybridized carbons (Fsp3) is 0.500. The average Bonchev–Trinajstić information content (AvgIpc) is 2.63. The number of para-hydroxylation sites is 1. The molecule has 2 aromatic rings. The van der Waals surface area contributed by atoms with Crippen LogP contribution in [0.25, 0.3) is 10.9 Å². The van der Waals surface area contributed by atoms with Crippen LogP contribution in [0.3, 0.4) is 0 Å². The highest BCUT2D eigenvalue weighted by atomic mass is 16.2. The predicted octanol–water partition coefficient (Wildman–Crippen LogP) is 2.39. The van der Waals surface area contributed by atoms with Gasteiger partial charge in [-0.1, -0.05) is 25.1 Å². The van der Waals surface area contributed by atoms with Crippen LogP contribution in [0.1, 0.15) is 37.0 Å². The molecule has 1 atom stereocenters. The molecule has 0 spiro atoms. The lowest BCUT2D eigenvalue weighted by atomic mass is 9.98. The highest BCUT2D eigenvalue weighted by molar-refractivity contribution is 6.06. The molecular weight excluding hydrogens is 314 g/mol. The van der Waals surface area contributed by atoms with Crippen LogP contribution < -0.4 is 10.9 Å². The van der Waals surface area contributed by atoms with Gasteiger partial charge in [0.15, 0.2) is 0 Å². The smallest absolute Gasteiger partial charge is 0.252 e. The molecule has 5 nitrogen and oxygen atoms in total. The van der Waals surface area contributed by atoms with Crippen molar-refractivity contribution in [3.05, 3.63) is 46.2 Å². The molecule has 134 valence electrons. The van der Waals surface area contributed by atoms with Gasteiger partial charge < -0.3 is 9.88 Å². The van der Waals surface area contributed by atoms with E-state index in [0.717, 1.165) is 29.9 Å². The first-order chi connectivity index (χ1) is 12.0. The highest BCUT2D eigenvalue weighted by Gasteiger charge is 2.21. The first-order valence-electron chi connectivity index (χ1n) is 9.08. The maximum absolute atomic E-state index is 12.7. The SMILES string of the molecule is CC1CCN(C(C)CNC(=O)c2cc(=O)n(C)c3ccccc23)CC1. The molecule has 1 saturated heterocycles. The van der Waals surface area contributed by atoms with Crippen molar-refractivity contribution in [3.8, 4) is 0 Å². The lowest BCUT2D eigenvalue weighted by Gasteiger charge is -2.35. The highest BCUT2D eigenvalue weighted by Crippen LogP contribution is 2.18. The summed E-state index contributed by atoms with van der Waals surface area (Å²) in [5.41, 5.74) is 1.07. The van der Waals surface area contributed by atoms with Crippen molar-refractivity contribution in [2.24, 2.45) is 13.0 Å². The fourth-order valence-corrected chi connectivity index (χ4v) is 3.53. The van der Waals surface area contributed by atoms with E-state index in [1.54, 1.807) is 11.6 Å². The quantitative estimate of drug-likeness (QED) is 0.929. The van der Waals surface area contributed by atoms with E-state index < -0.39 is 0 Å². The number of carbonyl (C=O) groups excluding carboxylic acids is 1. The van der Waals surface area contributed by atoms with E-state index in [1.165, 1.54) is 18.9 Å². The number of aryl methyl sites for hydroxylation is 1. The second kappa shape index (κ2) is 7.40. The summed E-state index contributed by atoms with van der Waals surface area (Å²) in [6.45, 7) is 7.22. The van der Waals surface area contributed by atoms with Gasteiger partial charge in [-0.15, -0.1) is 0 Å². The number of fused-ring (bicyclic) bond motifs is 1. The second-order valence-electron chi connectivity index (χ2n) is 7.25. The largest absolute Gasteiger partial charge is 0.350 e. The molecule has 1 N–H and O–H groups in total. The van der Waals surface area contributed by atoms with E-state index in [1.807, 2.05) is 24.3 Å². The number of benzene rings is 1. The van der Waals surface area contributed by atoms with Crippen LogP contribution in [0.4, 0.5) is 0 Å². The lowest BCUT2D eigenvalue weighted by molar-refractivity contribution is 0.0923. The summed E-state index contributed by atoms with van der Waals surface area (Å²) >= 11 is 0. The van der Waals surface area contributed by atoms with Crippen LogP contribution in [-0.4, -0.2) is 41.1 Å². The zero-order chi connectivity index (χ0) is 18.0. The summed E-state index contributed by atoms with van der Waals surface area (Å²) in [5, 5.41) is 3.82. The van der Waals surface area contributed by atoms with E-state index in [0.29, 0.717) is 18.2 Å². The van der Waals surface area contributed by atoms with Crippen molar-refractivity contribution < 1.29 is 4.79 Å². The van der Waals surface area contributed by atoms with Gasteiger partial charge in [0.1, 0.15) is 0 Å². The van der Waals surface area contributed by atoms with Crippen molar-refractivity contribution in [1.29, 1.82) is 0 Å². The zero-order valence-electron chi connectivity index (χ0n) is 15.3. The van der Waals surface area contributed by atoms with Crippen molar-refractivity contribution >= 4 is 16.8 Å². The Hall–Kier alpha value is -2.14. The molecule has 0 bridgehead atoms.